The van der Waals surface area contributed by atoms with Crippen LogP contribution in [-0.2, 0) is 6.42 Å². The third-order valence-electron chi connectivity index (χ3n) is 6.67. The van der Waals surface area contributed by atoms with Crippen LogP contribution in [0.4, 0.5) is 4.39 Å². The Morgan fingerprint density at radius 3 is 1.92 bits per heavy atom. The molecule has 0 bridgehead atoms. The molecule has 0 fully saturated rings. The lowest BCUT2D eigenvalue weighted by Gasteiger charge is -2.11. The minimum atomic E-state index is -0.915. The van der Waals surface area contributed by atoms with Crippen molar-refractivity contribution < 1.29 is 9.13 Å². The van der Waals surface area contributed by atoms with E-state index in [0.29, 0.717) is 18.0 Å². The van der Waals surface area contributed by atoms with Crippen LogP contribution >= 0.6 is 0 Å². The summed E-state index contributed by atoms with van der Waals surface area (Å²) in [6, 6.07) is 16.4. The summed E-state index contributed by atoms with van der Waals surface area (Å²) in [5.74, 6) is 1.34. The minimum absolute atomic E-state index is 0.106. The van der Waals surface area contributed by atoms with Gasteiger partial charge in [0.05, 0.1) is 0 Å². The van der Waals surface area contributed by atoms with E-state index in [1.54, 1.807) is 0 Å². The van der Waals surface area contributed by atoms with Gasteiger partial charge in [0.2, 0.25) is 0 Å². The molecule has 0 amide bonds. The lowest BCUT2D eigenvalue weighted by atomic mass is 10.0. The molecule has 3 nitrogen and oxygen atoms in total. The molecule has 0 aliphatic rings. The van der Waals surface area contributed by atoms with Crippen LogP contribution in [0.15, 0.2) is 60.9 Å². The number of aromatic nitrogens is 2. The molecule has 3 rings (SSSR count). The van der Waals surface area contributed by atoms with Crippen molar-refractivity contribution in [2.24, 2.45) is 0 Å². The molecule has 0 aliphatic heterocycles. The second-order valence-electron chi connectivity index (χ2n) is 9.79. The van der Waals surface area contributed by atoms with Gasteiger partial charge in [-0.15, -0.1) is 0 Å². The summed E-state index contributed by atoms with van der Waals surface area (Å²) in [5.41, 5.74) is 4.45. The molecule has 36 heavy (non-hydrogen) atoms. The summed E-state index contributed by atoms with van der Waals surface area (Å²) in [6.07, 6.45) is 16.9. The Kier molecular flexibility index (Phi) is 12.4. The van der Waals surface area contributed by atoms with Gasteiger partial charge < -0.3 is 4.74 Å². The topological polar surface area (TPSA) is 35.0 Å². The molecule has 1 aromatic heterocycles. The standard InChI is InChI=1S/C32H43FN2O/c1-3-5-7-9-10-11-13-26-15-17-27(18-16-26)29-23-34-32(35-24-29)28-19-21-31(22-20-28)36-25-30(33)14-12-8-6-4-2/h15-24,30H,3-14,25H2,1-2H3. The van der Waals surface area contributed by atoms with Crippen LogP contribution in [0.5, 0.6) is 5.75 Å². The van der Waals surface area contributed by atoms with E-state index in [1.807, 2.05) is 36.7 Å². The van der Waals surface area contributed by atoms with Crippen LogP contribution in [0.2, 0.25) is 0 Å². The molecule has 0 saturated carbocycles. The van der Waals surface area contributed by atoms with Crippen molar-refractivity contribution in [3.8, 4) is 28.3 Å². The number of hydrogen-bond donors (Lipinski definition) is 0. The maximum Gasteiger partial charge on any atom is 0.159 e. The molecule has 0 aliphatic carbocycles. The molecule has 0 N–H and O–H groups in total. The zero-order valence-corrected chi connectivity index (χ0v) is 22.2. The second-order valence-corrected chi connectivity index (χ2v) is 9.79. The Morgan fingerprint density at radius 1 is 0.667 bits per heavy atom. The van der Waals surface area contributed by atoms with E-state index in [-0.39, 0.29) is 6.61 Å². The number of alkyl halides is 1. The van der Waals surface area contributed by atoms with E-state index >= 15 is 0 Å². The van der Waals surface area contributed by atoms with Crippen LogP contribution in [0.3, 0.4) is 0 Å². The maximum absolute atomic E-state index is 14.0. The summed E-state index contributed by atoms with van der Waals surface area (Å²) >= 11 is 0. The van der Waals surface area contributed by atoms with Crippen molar-refractivity contribution in [2.75, 3.05) is 6.61 Å². The van der Waals surface area contributed by atoms with E-state index in [9.17, 15) is 4.39 Å². The normalized spacial score (nSPS) is 12.0. The molecule has 0 radical (unpaired) electrons. The molecular formula is C32H43FN2O. The molecule has 194 valence electrons. The van der Waals surface area contributed by atoms with Crippen molar-refractivity contribution in [3.05, 3.63) is 66.5 Å². The lowest BCUT2D eigenvalue weighted by molar-refractivity contribution is 0.184. The largest absolute Gasteiger partial charge is 0.491 e. The van der Waals surface area contributed by atoms with Crippen molar-refractivity contribution in [2.45, 2.75) is 97.1 Å². The van der Waals surface area contributed by atoms with E-state index < -0.39 is 6.17 Å². The minimum Gasteiger partial charge on any atom is -0.491 e. The highest BCUT2D eigenvalue weighted by atomic mass is 19.1. The van der Waals surface area contributed by atoms with Crippen molar-refractivity contribution in [1.29, 1.82) is 0 Å². The Morgan fingerprint density at radius 2 is 1.25 bits per heavy atom. The number of hydrogen-bond acceptors (Lipinski definition) is 3. The van der Waals surface area contributed by atoms with Crippen LogP contribution < -0.4 is 4.74 Å². The predicted octanol–water partition coefficient (Wildman–Crippen LogP) is 9.40. The zero-order chi connectivity index (χ0) is 25.4. The van der Waals surface area contributed by atoms with Gasteiger partial charge in [-0.25, -0.2) is 14.4 Å². The number of unbranched alkanes of at least 4 members (excludes halogenated alkanes) is 8. The van der Waals surface area contributed by atoms with Gasteiger partial charge in [0.25, 0.3) is 0 Å². The molecule has 1 atom stereocenters. The number of halogens is 1. The molecule has 1 heterocycles. The molecule has 0 saturated heterocycles. The average molecular weight is 491 g/mol. The first-order valence-electron chi connectivity index (χ1n) is 14.0. The van der Waals surface area contributed by atoms with Crippen LogP contribution in [-0.4, -0.2) is 22.7 Å². The highest BCUT2D eigenvalue weighted by molar-refractivity contribution is 5.64. The maximum atomic E-state index is 14.0. The molecule has 2 aromatic carbocycles. The smallest absolute Gasteiger partial charge is 0.159 e. The van der Waals surface area contributed by atoms with E-state index in [4.69, 9.17) is 4.74 Å². The molecular weight excluding hydrogens is 447 g/mol. The van der Waals surface area contributed by atoms with Crippen LogP contribution in [0.25, 0.3) is 22.5 Å². The zero-order valence-electron chi connectivity index (χ0n) is 22.2. The third-order valence-corrected chi connectivity index (χ3v) is 6.67. The second kappa shape index (κ2) is 16.1. The Bertz CT molecular complexity index is 971. The molecule has 0 spiro atoms. The monoisotopic (exact) mass is 490 g/mol. The van der Waals surface area contributed by atoms with Crippen molar-refractivity contribution in [1.82, 2.24) is 9.97 Å². The van der Waals surface area contributed by atoms with E-state index in [2.05, 4.69) is 48.1 Å². The fourth-order valence-corrected chi connectivity index (χ4v) is 4.36. The Labute approximate surface area is 217 Å². The summed E-state index contributed by atoms with van der Waals surface area (Å²) in [4.78, 5) is 9.15. The highest BCUT2D eigenvalue weighted by Crippen LogP contribution is 2.23. The Hall–Kier alpha value is -2.75. The number of nitrogens with zero attached hydrogens (tertiary/aromatic N) is 2. The first kappa shape index (κ1) is 27.8. The van der Waals surface area contributed by atoms with E-state index in [0.717, 1.165) is 36.0 Å². The third kappa shape index (κ3) is 9.72. The lowest BCUT2D eigenvalue weighted by Crippen LogP contribution is -2.12. The fraction of sp³-hybridized carbons (Fsp3) is 0.500. The first-order valence-corrected chi connectivity index (χ1v) is 14.0. The van der Waals surface area contributed by atoms with Crippen molar-refractivity contribution >= 4 is 0 Å². The molecule has 3 aromatic rings. The molecule has 4 heteroatoms. The van der Waals surface area contributed by atoms with Gasteiger partial charge in [-0.3, -0.25) is 0 Å². The fourth-order valence-electron chi connectivity index (χ4n) is 4.36. The first-order chi connectivity index (χ1) is 17.7. The number of aryl methyl sites for hydroxylation is 1. The van der Waals surface area contributed by atoms with Gasteiger partial charge >= 0.3 is 0 Å². The predicted molar refractivity (Wildman–Crippen MR) is 149 cm³/mol. The summed E-state index contributed by atoms with van der Waals surface area (Å²) in [6.45, 7) is 4.53. The highest BCUT2D eigenvalue weighted by Gasteiger charge is 2.08. The molecule has 1 unspecified atom stereocenters. The summed E-state index contributed by atoms with van der Waals surface area (Å²) < 4.78 is 19.7. The van der Waals surface area contributed by atoms with Gasteiger partial charge in [-0.05, 0) is 54.7 Å². The van der Waals surface area contributed by atoms with Gasteiger partial charge in [-0.1, -0.05) is 95.9 Å². The van der Waals surface area contributed by atoms with Crippen LogP contribution in [0.1, 0.15) is 90.0 Å². The quantitative estimate of drug-likeness (QED) is 0.177. The van der Waals surface area contributed by atoms with Gasteiger partial charge in [0.15, 0.2) is 5.82 Å². The van der Waals surface area contributed by atoms with Crippen molar-refractivity contribution in [3.63, 3.8) is 0 Å². The van der Waals surface area contributed by atoms with Gasteiger partial charge in [-0.2, -0.15) is 0 Å². The Balaban J connectivity index is 1.45. The average Bonchev–Trinajstić information content (AvgIpc) is 2.93. The number of rotatable bonds is 17. The van der Waals surface area contributed by atoms with Gasteiger partial charge in [0.1, 0.15) is 18.5 Å². The van der Waals surface area contributed by atoms with Crippen LogP contribution in [0, 0.1) is 0 Å². The van der Waals surface area contributed by atoms with E-state index in [1.165, 1.54) is 56.9 Å². The number of ether oxygens (including phenoxy) is 1. The summed E-state index contributed by atoms with van der Waals surface area (Å²) in [5, 5.41) is 0. The number of benzene rings is 2. The summed E-state index contributed by atoms with van der Waals surface area (Å²) in [7, 11) is 0. The SMILES string of the molecule is CCCCCCCCc1ccc(-c2cnc(-c3ccc(OCC(F)CCCCCC)cc3)nc2)cc1. The van der Waals surface area contributed by atoms with Gasteiger partial charge in [0, 0.05) is 23.5 Å².